The molecule has 0 saturated heterocycles. The fourth-order valence-electron chi connectivity index (χ4n) is 3.18. The Bertz CT molecular complexity index is 982. The van der Waals surface area contributed by atoms with Crippen molar-refractivity contribution in [1.82, 2.24) is 14.1 Å². The van der Waals surface area contributed by atoms with E-state index in [1.807, 2.05) is 49.6 Å². The number of imidazole rings is 1. The molecule has 142 valence electrons. The third kappa shape index (κ3) is 4.12. The van der Waals surface area contributed by atoms with Gasteiger partial charge >= 0.3 is 0 Å². The highest BCUT2D eigenvalue weighted by Crippen LogP contribution is 2.31. The first-order valence-corrected chi connectivity index (χ1v) is 9.87. The fourth-order valence-corrected chi connectivity index (χ4v) is 4.02. The maximum absolute atomic E-state index is 12.0. The molecule has 2 heterocycles. The van der Waals surface area contributed by atoms with Crippen LogP contribution in [0.4, 0.5) is 5.69 Å². The zero-order valence-electron chi connectivity index (χ0n) is 15.7. The fraction of sp³-hybridized carbons (Fsp3) is 0.300. The molecule has 27 heavy (non-hydrogen) atoms. The van der Waals surface area contributed by atoms with Crippen LogP contribution < -0.4 is 10.9 Å². The molecule has 1 aromatic carbocycles. The van der Waals surface area contributed by atoms with Crippen molar-refractivity contribution in [2.24, 2.45) is 7.05 Å². The van der Waals surface area contributed by atoms with Crippen LogP contribution in [0.5, 0.6) is 0 Å². The van der Waals surface area contributed by atoms with Gasteiger partial charge < -0.3 is 14.5 Å². The molecular weight excluding hydrogens is 428 g/mol. The van der Waals surface area contributed by atoms with Gasteiger partial charge in [0.1, 0.15) is 0 Å². The number of pyridine rings is 1. The third-order valence-electron chi connectivity index (χ3n) is 4.47. The van der Waals surface area contributed by atoms with Gasteiger partial charge in [-0.25, -0.2) is 4.98 Å². The number of nitrogens with one attached hydrogen (secondary N) is 1. The van der Waals surface area contributed by atoms with Crippen molar-refractivity contribution in [3.63, 3.8) is 0 Å². The number of nitrogens with zero attached hydrogens (tertiary/aromatic N) is 3. The number of rotatable bonds is 5. The lowest BCUT2D eigenvalue weighted by molar-refractivity contribution is 0.555. The van der Waals surface area contributed by atoms with Gasteiger partial charge in [0.15, 0.2) is 4.73 Å². The predicted molar refractivity (Wildman–Crippen MR) is 114 cm³/mol. The molecule has 0 fully saturated rings. The van der Waals surface area contributed by atoms with Crippen molar-refractivity contribution < 1.29 is 0 Å². The van der Waals surface area contributed by atoms with Crippen LogP contribution in [0.25, 0.3) is 0 Å². The first-order chi connectivity index (χ1) is 12.8. The molecule has 0 spiro atoms. The Labute approximate surface area is 172 Å². The van der Waals surface area contributed by atoms with Gasteiger partial charge in [-0.05, 0) is 60.5 Å². The lowest BCUT2D eigenvalue weighted by atomic mass is 10.0. The van der Waals surface area contributed by atoms with Crippen molar-refractivity contribution in [1.29, 1.82) is 0 Å². The minimum absolute atomic E-state index is 0.00133. The molecule has 0 saturated carbocycles. The zero-order valence-corrected chi connectivity index (χ0v) is 18.0. The van der Waals surface area contributed by atoms with Gasteiger partial charge in [-0.15, -0.1) is 0 Å². The van der Waals surface area contributed by atoms with Crippen molar-refractivity contribution >= 4 is 33.2 Å². The second-order valence-corrected chi connectivity index (χ2v) is 8.02. The molecule has 0 aliphatic heterocycles. The highest BCUT2D eigenvalue weighted by atomic mass is 79.9. The molecule has 0 amide bonds. The summed E-state index contributed by atoms with van der Waals surface area (Å²) in [6.07, 6.45) is 3.68. The molecular formula is C20H22BrClN4O. The second-order valence-electron chi connectivity index (χ2n) is 6.87. The number of hydrogen-bond acceptors (Lipinski definition) is 3. The summed E-state index contributed by atoms with van der Waals surface area (Å²) in [6, 6.07) is 9.71. The molecule has 0 bridgehead atoms. The molecule has 7 heteroatoms. The molecule has 1 N–H and O–H groups in total. The maximum atomic E-state index is 12.0. The molecule has 0 radical (unpaired) electrons. The summed E-state index contributed by atoms with van der Waals surface area (Å²) in [7, 11) is 1.76. The Morgan fingerprint density at radius 1 is 1.22 bits per heavy atom. The summed E-state index contributed by atoms with van der Waals surface area (Å²) in [6.45, 7) is 6.05. The Morgan fingerprint density at radius 2 is 1.89 bits per heavy atom. The molecule has 3 aromatic rings. The zero-order chi connectivity index (χ0) is 19.7. The first-order valence-electron chi connectivity index (χ1n) is 8.70. The van der Waals surface area contributed by atoms with Crippen molar-refractivity contribution in [3.8, 4) is 0 Å². The molecule has 1 atom stereocenters. The highest BCUT2D eigenvalue weighted by Gasteiger charge is 2.22. The lowest BCUT2D eigenvalue weighted by Crippen LogP contribution is -2.22. The van der Waals surface area contributed by atoms with Crippen LogP contribution in [0.3, 0.4) is 0 Å². The topological polar surface area (TPSA) is 51.9 Å². The molecule has 2 aromatic heterocycles. The van der Waals surface area contributed by atoms with E-state index in [0.717, 1.165) is 21.7 Å². The maximum Gasteiger partial charge on any atom is 0.253 e. The van der Waals surface area contributed by atoms with Gasteiger partial charge in [-0.3, -0.25) is 4.79 Å². The highest BCUT2D eigenvalue weighted by molar-refractivity contribution is 9.10. The standard InChI is InChI=1S/C20H22BrClN4O/c1-12(2)26-17(10-23-20(26)21)18(14-5-7-15(22)8-6-14)24-16-9-13(3)19(27)25(4)11-16/h5-12,18,24H,1-4H3. The normalized spacial score (nSPS) is 12.4. The van der Waals surface area contributed by atoms with Crippen LogP contribution in [0.15, 0.2) is 52.3 Å². The molecule has 5 nitrogen and oxygen atoms in total. The van der Waals surface area contributed by atoms with E-state index >= 15 is 0 Å². The van der Waals surface area contributed by atoms with Crippen molar-refractivity contribution in [2.75, 3.05) is 5.32 Å². The Kier molecular flexibility index (Phi) is 5.77. The first kappa shape index (κ1) is 19.7. The number of halogens is 2. The van der Waals surface area contributed by atoms with E-state index in [1.165, 1.54) is 0 Å². The molecule has 1 unspecified atom stereocenters. The SMILES string of the molecule is Cc1cc(NC(c2ccc(Cl)cc2)c2cnc(Br)n2C(C)C)cn(C)c1=O. The molecule has 3 rings (SSSR count). The van der Waals surface area contributed by atoms with Crippen LogP contribution in [0.2, 0.25) is 5.02 Å². The summed E-state index contributed by atoms with van der Waals surface area (Å²) >= 11 is 9.63. The number of aromatic nitrogens is 3. The predicted octanol–water partition coefficient (Wildman–Crippen LogP) is 5.09. The number of benzene rings is 1. The van der Waals surface area contributed by atoms with Gasteiger partial charge in [0.2, 0.25) is 0 Å². The number of aryl methyl sites for hydroxylation is 2. The minimum atomic E-state index is -0.152. The van der Waals surface area contributed by atoms with Crippen LogP contribution in [-0.4, -0.2) is 14.1 Å². The Balaban J connectivity index is 2.11. The van der Waals surface area contributed by atoms with E-state index in [9.17, 15) is 4.79 Å². The Morgan fingerprint density at radius 3 is 2.48 bits per heavy atom. The third-order valence-corrected chi connectivity index (χ3v) is 5.31. The van der Waals surface area contributed by atoms with E-state index in [1.54, 1.807) is 11.6 Å². The Hall–Kier alpha value is -2.05. The van der Waals surface area contributed by atoms with E-state index in [2.05, 4.69) is 44.6 Å². The second kappa shape index (κ2) is 7.90. The quantitative estimate of drug-likeness (QED) is 0.590. The van der Waals surface area contributed by atoms with E-state index in [0.29, 0.717) is 10.6 Å². The van der Waals surface area contributed by atoms with Crippen LogP contribution in [0.1, 0.15) is 42.8 Å². The summed E-state index contributed by atoms with van der Waals surface area (Å²) in [5, 5.41) is 4.25. The largest absolute Gasteiger partial charge is 0.372 e. The van der Waals surface area contributed by atoms with Gasteiger partial charge in [-0.2, -0.15) is 0 Å². The monoisotopic (exact) mass is 448 g/mol. The van der Waals surface area contributed by atoms with Gasteiger partial charge in [0, 0.05) is 29.9 Å². The summed E-state index contributed by atoms with van der Waals surface area (Å²) in [4.78, 5) is 16.5. The molecule has 0 aliphatic rings. The summed E-state index contributed by atoms with van der Waals surface area (Å²) < 4.78 is 4.51. The van der Waals surface area contributed by atoms with Gasteiger partial charge in [0.25, 0.3) is 5.56 Å². The van der Waals surface area contributed by atoms with E-state index < -0.39 is 0 Å². The lowest BCUT2D eigenvalue weighted by Gasteiger charge is -2.24. The average molecular weight is 450 g/mol. The van der Waals surface area contributed by atoms with E-state index in [-0.39, 0.29) is 17.6 Å². The molecule has 0 aliphatic carbocycles. The average Bonchev–Trinajstić information content (AvgIpc) is 3.00. The van der Waals surface area contributed by atoms with Crippen LogP contribution >= 0.6 is 27.5 Å². The van der Waals surface area contributed by atoms with Crippen molar-refractivity contribution in [2.45, 2.75) is 32.9 Å². The van der Waals surface area contributed by atoms with Crippen LogP contribution in [0, 0.1) is 6.92 Å². The van der Waals surface area contributed by atoms with Gasteiger partial charge in [0.05, 0.1) is 23.6 Å². The van der Waals surface area contributed by atoms with Gasteiger partial charge in [-0.1, -0.05) is 23.7 Å². The smallest absolute Gasteiger partial charge is 0.253 e. The summed E-state index contributed by atoms with van der Waals surface area (Å²) in [5.74, 6) is 0. The number of anilines is 1. The van der Waals surface area contributed by atoms with Crippen molar-refractivity contribution in [3.05, 3.63) is 79.7 Å². The van der Waals surface area contributed by atoms with E-state index in [4.69, 9.17) is 11.6 Å². The minimum Gasteiger partial charge on any atom is -0.372 e. The van der Waals surface area contributed by atoms with Crippen LogP contribution in [-0.2, 0) is 7.05 Å². The summed E-state index contributed by atoms with van der Waals surface area (Å²) in [5.41, 5.74) is 3.63. The number of hydrogen-bond donors (Lipinski definition) is 1.